The third-order valence-corrected chi connectivity index (χ3v) is 3.28. The number of nitrogens with zero attached hydrogens (tertiary/aromatic N) is 4. The van der Waals surface area contributed by atoms with Crippen molar-refractivity contribution >= 4 is 5.91 Å². The number of likely N-dealkylation sites (tertiary alicyclic amines) is 1. The molecule has 0 radical (unpaired) electrons. The summed E-state index contributed by atoms with van der Waals surface area (Å²) < 4.78 is 1.77. The van der Waals surface area contributed by atoms with Crippen LogP contribution in [0.5, 0.6) is 0 Å². The average molecular weight is 258 g/mol. The minimum Gasteiger partial charge on any atom is -0.391 e. The topological polar surface area (TPSA) is 71.2 Å². The Bertz CT molecular complexity index is 565. The first-order valence-corrected chi connectivity index (χ1v) is 6.16. The predicted molar refractivity (Wildman–Crippen MR) is 67.9 cm³/mol. The lowest BCUT2D eigenvalue weighted by molar-refractivity contribution is 0.0765. The van der Waals surface area contributed by atoms with Crippen molar-refractivity contribution in [3.05, 3.63) is 42.5 Å². The van der Waals surface area contributed by atoms with Crippen molar-refractivity contribution in [1.82, 2.24) is 19.7 Å². The number of benzene rings is 1. The number of carbonyl (C=O) groups excluding carboxylic acids is 1. The highest BCUT2D eigenvalue weighted by molar-refractivity contribution is 5.94. The zero-order valence-electron chi connectivity index (χ0n) is 10.3. The maximum absolute atomic E-state index is 12.2. The summed E-state index contributed by atoms with van der Waals surface area (Å²) in [4.78, 5) is 13.9. The Balaban J connectivity index is 1.77. The van der Waals surface area contributed by atoms with Crippen LogP contribution in [0.2, 0.25) is 0 Å². The molecule has 3 rings (SSSR count). The molecule has 0 unspecified atom stereocenters. The largest absolute Gasteiger partial charge is 0.391 e. The van der Waals surface area contributed by atoms with Crippen LogP contribution in [0.4, 0.5) is 0 Å². The van der Waals surface area contributed by atoms with Gasteiger partial charge in [0.25, 0.3) is 5.91 Å². The van der Waals surface area contributed by atoms with E-state index < -0.39 is 0 Å². The van der Waals surface area contributed by atoms with Crippen LogP contribution in [0.15, 0.2) is 36.9 Å². The van der Waals surface area contributed by atoms with E-state index >= 15 is 0 Å². The van der Waals surface area contributed by atoms with E-state index in [1.165, 1.54) is 0 Å². The van der Waals surface area contributed by atoms with E-state index in [1.54, 1.807) is 34.3 Å². The molecule has 1 saturated heterocycles. The fraction of sp³-hybridized carbons (Fsp3) is 0.308. The highest BCUT2D eigenvalue weighted by atomic mass is 16.3. The summed E-state index contributed by atoms with van der Waals surface area (Å²) in [5.74, 6) is -0.0353. The van der Waals surface area contributed by atoms with E-state index in [2.05, 4.69) is 10.2 Å². The molecule has 6 heteroatoms. The zero-order chi connectivity index (χ0) is 13.2. The van der Waals surface area contributed by atoms with Gasteiger partial charge in [0.05, 0.1) is 6.10 Å². The minimum atomic E-state index is -0.389. The number of β-amino-alcohol motifs (C(OH)–C–C–N with tert-alkyl or cyclic N) is 1. The van der Waals surface area contributed by atoms with Gasteiger partial charge in [-0.15, -0.1) is 10.2 Å². The Labute approximate surface area is 110 Å². The molecule has 0 saturated carbocycles. The van der Waals surface area contributed by atoms with E-state index in [0.717, 1.165) is 5.69 Å². The first-order valence-electron chi connectivity index (χ1n) is 6.16. The number of hydrogen-bond acceptors (Lipinski definition) is 4. The van der Waals surface area contributed by atoms with Crippen molar-refractivity contribution in [3.63, 3.8) is 0 Å². The van der Waals surface area contributed by atoms with Crippen LogP contribution in [-0.4, -0.2) is 49.9 Å². The molecule has 98 valence electrons. The standard InChI is InChI=1S/C13H14N4O2/c18-12-5-6-16(7-12)13(19)10-1-3-11(4-2-10)17-8-14-15-9-17/h1-4,8-9,12,18H,5-7H2/t12-/m0/s1. The van der Waals surface area contributed by atoms with Crippen molar-refractivity contribution in [2.75, 3.05) is 13.1 Å². The fourth-order valence-corrected chi connectivity index (χ4v) is 2.22. The van der Waals surface area contributed by atoms with Gasteiger partial charge in [-0.2, -0.15) is 0 Å². The van der Waals surface area contributed by atoms with E-state index in [9.17, 15) is 9.90 Å². The molecule has 6 nitrogen and oxygen atoms in total. The van der Waals surface area contributed by atoms with Crippen molar-refractivity contribution in [2.24, 2.45) is 0 Å². The van der Waals surface area contributed by atoms with Crippen LogP contribution < -0.4 is 0 Å². The van der Waals surface area contributed by atoms with Crippen LogP contribution in [0.25, 0.3) is 5.69 Å². The minimum absolute atomic E-state index is 0.0353. The summed E-state index contributed by atoms with van der Waals surface area (Å²) in [6, 6.07) is 7.26. The Morgan fingerprint density at radius 2 is 1.89 bits per heavy atom. The van der Waals surface area contributed by atoms with Crippen LogP contribution in [-0.2, 0) is 0 Å². The first kappa shape index (κ1) is 11.9. The molecule has 0 bridgehead atoms. The van der Waals surface area contributed by atoms with Gasteiger partial charge in [-0.1, -0.05) is 0 Å². The summed E-state index contributed by atoms with van der Waals surface area (Å²) in [6.07, 6.45) is 3.48. The molecule has 1 atom stereocenters. The van der Waals surface area contributed by atoms with Gasteiger partial charge < -0.3 is 10.0 Å². The molecule has 0 spiro atoms. The highest BCUT2D eigenvalue weighted by Gasteiger charge is 2.25. The third kappa shape index (κ3) is 2.34. The third-order valence-electron chi connectivity index (χ3n) is 3.28. The second-order valence-electron chi connectivity index (χ2n) is 4.61. The maximum Gasteiger partial charge on any atom is 0.253 e. The number of hydrogen-bond donors (Lipinski definition) is 1. The fourth-order valence-electron chi connectivity index (χ4n) is 2.22. The second-order valence-corrected chi connectivity index (χ2v) is 4.61. The molecule has 1 amide bonds. The summed E-state index contributed by atoms with van der Waals surface area (Å²) >= 11 is 0. The number of aliphatic hydroxyl groups excluding tert-OH is 1. The predicted octanol–water partition coefficient (Wildman–Crippen LogP) is 0.474. The monoisotopic (exact) mass is 258 g/mol. The van der Waals surface area contributed by atoms with E-state index in [-0.39, 0.29) is 12.0 Å². The van der Waals surface area contributed by atoms with Crippen LogP contribution in [0.3, 0.4) is 0 Å². The van der Waals surface area contributed by atoms with Gasteiger partial charge in [0.15, 0.2) is 0 Å². The van der Waals surface area contributed by atoms with Gasteiger partial charge in [0.2, 0.25) is 0 Å². The smallest absolute Gasteiger partial charge is 0.253 e. The van der Waals surface area contributed by atoms with Crippen LogP contribution in [0, 0.1) is 0 Å². The molecule has 1 aromatic heterocycles. The van der Waals surface area contributed by atoms with Gasteiger partial charge >= 0.3 is 0 Å². The molecule has 2 heterocycles. The van der Waals surface area contributed by atoms with Crippen molar-refractivity contribution in [1.29, 1.82) is 0 Å². The molecule has 1 fully saturated rings. The van der Waals surface area contributed by atoms with E-state index in [0.29, 0.717) is 25.1 Å². The number of carbonyl (C=O) groups is 1. The number of rotatable bonds is 2. The molecular weight excluding hydrogens is 244 g/mol. The van der Waals surface area contributed by atoms with Gasteiger partial charge in [-0.05, 0) is 30.7 Å². The lowest BCUT2D eigenvalue weighted by atomic mass is 10.2. The summed E-state index contributed by atoms with van der Waals surface area (Å²) in [7, 11) is 0. The molecule has 19 heavy (non-hydrogen) atoms. The molecule has 1 aromatic carbocycles. The van der Waals surface area contributed by atoms with Crippen molar-refractivity contribution in [3.8, 4) is 5.69 Å². The van der Waals surface area contributed by atoms with E-state index in [1.807, 2.05) is 12.1 Å². The average Bonchev–Trinajstić information content (AvgIpc) is 3.09. The Kier molecular flexibility index (Phi) is 3.00. The Morgan fingerprint density at radius 3 is 2.47 bits per heavy atom. The van der Waals surface area contributed by atoms with Gasteiger partial charge in [-0.25, -0.2) is 0 Å². The highest BCUT2D eigenvalue weighted by Crippen LogP contribution is 2.15. The van der Waals surface area contributed by atoms with Gasteiger partial charge in [-0.3, -0.25) is 9.36 Å². The molecule has 1 aliphatic rings. The van der Waals surface area contributed by atoms with Crippen molar-refractivity contribution < 1.29 is 9.90 Å². The summed E-state index contributed by atoms with van der Waals surface area (Å²) in [5, 5.41) is 16.9. The molecule has 1 N–H and O–H groups in total. The van der Waals surface area contributed by atoms with Crippen molar-refractivity contribution in [2.45, 2.75) is 12.5 Å². The number of aromatic nitrogens is 3. The van der Waals surface area contributed by atoms with Gasteiger partial charge in [0.1, 0.15) is 12.7 Å². The molecule has 0 aliphatic carbocycles. The molecule has 1 aliphatic heterocycles. The quantitative estimate of drug-likeness (QED) is 0.850. The first-order chi connectivity index (χ1) is 9.24. The zero-order valence-corrected chi connectivity index (χ0v) is 10.3. The summed E-state index contributed by atoms with van der Waals surface area (Å²) in [5.41, 5.74) is 1.54. The maximum atomic E-state index is 12.2. The van der Waals surface area contributed by atoms with Gasteiger partial charge in [0, 0.05) is 24.3 Å². The lowest BCUT2D eigenvalue weighted by Gasteiger charge is -2.15. The number of amides is 1. The van der Waals surface area contributed by atoms with Crippen LogP contribution >= 0.6 is 0 Å². The van der Waals surface area contributed by atoms with E-state index in [4.69, 9.17) is 0 Å². The second kappa shape index (κ2) is 4.81. The molecule has 2 aromatic rings. The normalized spacial score (nSPS) is 18.8. The summed E-state index contributed by atoms with van der Waals surface area (Å²) in [6.45, 7) is 1.04. The lowest BCUT2D eigenvalue weighted by Crippen LogP contribution is -2.29. The Morgan fingerprint density at radius 1 is 1.21 bits per heavy atom. The number of aliphatic hydroxyl groups is 1. The SMILES string of the molecule is O=C(c1ccc(-n2cnnc2)cc1)N1CC[C@H](O)C1. The molecular formula is C13H14N4O2. The Hall–Kier alpha value is -2.21. The van der Waals surface area contributed by atoms with Crippen LogP contribution in [0.1, 0.15) is 16.8 Å².